The van der Waals surface area contributed by atoms with Gasteiger partial charge >= 0.3 is 6.09 Å². The highest BCUT2D eigenvalue weighted by molar-refractivity contribution is 5.68. The van der Waals surface area contributed by atoms with Crippen LogP contribution in [0.3, 0.4) is 0 Å². The molecular weight excluding hydrogens is 232 g/mol. The molecule has 1 heterocycles. The van der Waals surface area contributed by atoms with Gasteiger partial charge in [-0.1, -0.05) is 0 Å². The molecule has 1 rings (SSSR count). The lowest BCUT2D eigenvalue weighted by atomic mass is 9.90. The maximum absolute atomic E-state index is 11.8. The predicted molar refractivity (Wildman–Crippen MR) is 66.8 cm³/mol. The van der Waals surface area contributed by atoms with Crippen molar-refractivity contribution in [2.45, 2.75) is 51.7 Å². The summed E-state index contributed by atoms with van der Waals surface area (Å²) in [5.41, 5.74) is -0.478. The highest BCUT2D eigenvalue weighted by atomic mass is 16.6. The van der Waals surface area contributed by atoms with Crippen LogP contribution in [0.15, 0.2) is 0 Å². The van der Waals surface area contributed by atoms with Crippen molar-refractivity contribution in [3.05, 3.63) is 0 Å². The first kappa shape index (κ1) is 14.8. The second kappa shape index (κ2) is 6.05. The fourth-order valence-corrected chi connectivity index (χ4v) is 2.05. The van der Waals surface area contributed by atoms with Crippen LogP contribution < -0.4 is 0 Å². The Morgan fingerprint density at radius 3 is 2.50 bits per heavy atom. The van der Waals surface area contributed by atoms with Crippen LogP contribution in [0.25, 0.3) is 0 Å². The van der Waals surface area contributed by atoms with Gasteiger partial charge in [0.25, 0.3) is 0 Å². The van der Waals surface area contributed by atoms with Crippen LogP contribution in [0.2, 0.25) is 0 Å². The van der Waals surface area contributed by atoms with E-state index in [-0.39, 0.29) is 18.4 Å². The van der Waals surface area contributed by atoms with Crippen LogP contribution in [0, 0.1) is 17.2 Å². The Labute approximate surface area is 108 Å². The number of nitrogens with zero attached hydrogens (tertiary/aromatic N) is 2. The molecule has 5 nitrogen and oxygen atoms in total. The summed E-state index contributed by atoms with van der Waals surface area (Å²) in [6.45, 7) is 6.70. The topological polar surface area (TPSA) is 73.6 Å². The van der Waals surface area contributed by atoms with Gasteiger partial charge in [0.05, 0.1) is 18.6 Å². The van der Waals surface area contributed by atoms with Crippen molar-refractivity contribution >= 4 is 6.09 Å². The quantitative estimate of drug-likeness (QED) is 0.817. The summed E-state index contributed by atoms with van der Waals surface area (Å²) in [6, 6.07) is 1.97. The lowest BCUT2D eigenvalue weighted by molar-refractivity contribution is 0.00850. The van der Waals surface area contributed by atoms with Gasteiger partial charge in [0.15, 0.2) is 0 Å². The van der Waals surface area contributed by atoms with Crippen LogP contribution >= 0.6 is 0 Å². The minimum atomic E-state index is -0.573. The molecule has 0 unspecified atom stereocenters. The summed E-state index contributed by atoms with van der Waals surface area (Å²) in [4.78, 5) is 13.5. The van der Waals surface area contributed by atoms with E-state index in [1.807, 2.05) is 26.8 Å². The standard InChI is InChI=1S/C13H22N2O3/c1-13(2,3)18-12(17)15-8-5-10(6-9-15)11(16)4-7-14/h10-11,16H,4-6,8-9H2,1-3H3/t11-/m1/s1. The number of carbonyl (C=O) groups excluding carboxylic acids is 1. The third-order valence-electron chi connectivity index (χ3n) is 3.04. The summed E-state index contributed by atoms with van der Waals surface area (Å²) in [5, 5.41) is 18.3. The Balaban J connectivity index is 2.40. The van der Waals surface area contributed by atoms with Crippen LogP contribution in [0.1, 0.15) is 40.0 Å². The van der Waals surface area contributed by atoms with Crippen LogP contribution in [-0.4, -0.2) is 40.9 Å². The molecule has 0 aliphatic carbocycles. The monoisotopic (exact) mass is 254 g/mol. The molecule has 0 saturated carbocycles. The molecule has 1 atom stereocenters. The van der Waals surface area contributed by atoms with Gasteiger partial charge in [-0.05, 0) is 39.5 Å². The zero-order chi connectivity index (χ0) is 13.8. The molecule has 1 amide bonds. The molecule has 18 heavy (non-hydrogen) atoms. The van der Waals surface area contributed by atoms with E-state index in [9.17, 15) is 9.90 Å². The molecule has 5 heteroatoms. The molecule has 1 fully saturated rings. The largest absolute Gasteiger partial charge is 0.444 e. The maximum atomic E-state index is 11.8. The van der Waals surface area contributed by atoms with E-state index in [1.165, 1.54) is 0 Å². The molecule has 0 bridgehead atoms. The fourth-order valence-electron chi connectivity index (χ4n) is 2.05. The van der Waals surface area contributed by atoms with Crippen molar-refractivity contribution in [2.24, 2.45) is 5.92 Å². The van der Waals surface area contributed by atoms with E-state index in [0.717, 1.165) is 12.8 Å². The van der Waals surface area contributed by atoms with Crippen molar-refractivity contribution in [3.63, 3.8) is 0 Å². The normalized spacial score (nSPS) is 19.2. The van der Waals surface area contributed by atoms with Crippen molar-refractivity contribution in [1.82, 2.24) is 4.90 Å². The lowest BCUT2D eigenvalue weighted by Gasteiger charge is -2.34. The Kier molecular flexibility index (Phi) is 4.97. The third kappa shape index (κ3) is 4.53. The summed E-state index contributed by atoms with van der Waals surface area (Å²) >= 11 is 0. The third-order valence-corrected chi connectivity index (χ3v) is 3.04. The highest BCUT2D eigenvalue weighted by Gasteiger charge is 2.29. The van der Waals surface area contributed by atoms with Crippen molar-refractivity contribution in [2.75, 3.05) is 13.1 Å². The number of piperidine rings is 1. The van der Waals surface area contributed by atoms with Gasteiger partial charge in [0.2, 0.25) is 0 Å². The predicted octanol–water partition coefficient (Wildman–Crippen LogP) is 1.91. The van der Waals surface area contributed by atoms with E-state index >= 15 is 0 Å². The maximum Gasteiger partial charge on any atom is 0.410 e. The zero-order valence-electron chi connectivity index (χ0n) is 11.3. The minimum Gasteiger partial charge on any atom is -0.444 e. The molecule has 0 radical (unpaired) electrons. The molecule has 1 aliphatic heterocycles. The van der Waals surface area contributed by atoms with E-state index < -0.39 is 11.7 Å². The number of hydrogen-bond donors (Lipinski definition) is 1. The van der Waals surface area contributed by atoms with Crippen molar-refractivity contribution in [3.8, 4) is 6.07 Å². The minimum absolute atomic E-state index is 0.114. The van der Waals surface area contributed by atoms with Gasteiger partial charge < -0.3 is 14.7 Å². The van der Waals surface area contributed by atoms with Gasteiger partial charge in [-0.15, -0.1) is 0 Å². The summed E-state index contributed by atoms with van der Waals surface area (Å²) in [6.07, 6.45) is 0.743. The molecule has 1 saturated heterocycles. The first-order valence-electron chi connectivity index (χ1n) is 6.36. The first-order valence-corrected chi connectivity index (χ1v) is 6.36. The average Bonchev–Trinajstić information content (AvgIpc) is 2.27. The molecule has 1 aliphatic rings. The molecule has 0 aromatic carbocycles. The zero-order valence-corrected chi connectivity index (χ0v) is 11.3. The number of rotatable bonds is 2. The van der Waals surface area contributed by atoms with E-state index in [2.05, 4.69) is 0 Å². The number of carbonyl (C=O) groups is 1. The van der Waals surface area contributed by atoms with Crippen LogP contribution in [-0.2, 0) is 4.74 Å². The van der Waals surface area contributed by atoms with E-state index in [1.54, 1.807) is 4.90 Å². The van der Waals surface area contributed by atoms with Crippen molar-refractivity contribution < 1.29 is 14.6 Å². The second-order valence-corrected chi connectivity index (χ2v) is 5.73. The fraction of sp³-hybridized carbons (Fsp3) is 0.846. The molecule has 0 spiro atoms. The van der Waals surface area contributed by atoms with Gasteiger partial charge in [-0.3, -0.25) is 0 Å². The summed E-state index contributed by atoms with van der Waals surface area (Å²) in [5.74, 6) is 0.114. The first-order chi connectivity index (χ1) is 8.33. The SMILES string of the molecule is CC(C)(C)OC(=O)N1CCC([C@H](O)CC#N)CC1. The second-order valence-electron chi connectivity index (χ2n) is 5.73. The number of nitriles is 1. The molecule has 102 valence electrons. The molecular formula is C13H22N2O3. The van der Waals surface area contributed by atoms with E-state index in [4.69, 9.17) is 10.00 Å². The van der Waals surface area contributed by atoms with Crippen LogP contribution in [0.4, 0.5) is 4.79 Å². The number of aliphatic hydroxyl groups is 1. The lowest BCUT2D eigenvalue weighted by Crippen LogP contribution is -2.43. The molecule has 0 aromatic heterocycles. The van der Waals surface area contributed by atoms with Gasteiger partial charge in [0, 0.05) is 13.1 Å². The van der Waals surface area contributed by atoms with Crippen LogP contribution in [0.5, 0.6) is 0 Å². The van der Waals surface area contributed by atoms with E-state index in [0.29, 0.717) is 13.1 Å². The average molecular weight is 254 g/mol. The smallest absolute Gasteiger partial charge is 0.410 e. The molecule has 1 N–H and O–H groups in total. The van der Waals surface area contributed by atoms with Crippen molar-refractivity contribution in [1.29, 1.82) is 5.26 Å². The Bertz CT molecular complexity index is 322. The van der Waals surface area contributed by atoms with Gasteiger partial charge in [0.1, 0.15) is 5.60 Å². The Morgan fingerprint density at radius 2 is 2.06 bits per heavy atom. The number of ether oxygens (including phenoxy) is 1. The summed E-state index contributed by atoms with van der Waals surface area (Å²) < 4.78 is 5.29. The Morgan fingerprint density at radius 1 is 1.50 bits per heavy atom. The summed E-state index contributed by atoms with van der Waals surface area (Å²) in [7, 11) is 0. The number of amides is 1. The Hall–Kier alpha value is -1.28. The van der Waals surface area contributed by atoms with Gasteiger partial charge in [-0.25, -0.2) is 4.79 Å². The molecule has 0 aromatic rings. The highest BCUT2D eigenvalue weighted by Crippen LogP contribution is 2.23. The van der Waals surface area contributed by atoms with Gasteiger partial charge in [-0.2, -0.15) is 5.26 Å². The number of aliphatic hydroxyl groups excluding tert-OH is 1. The number of likely N-dealkylation sites (tertiary alicyclic amines) is 1. The number of hydrogen-bond acceptors (Lipinski definition) is 4.